The number of thiocyanates is 1. The van der Waals surface area contributed by atoms with Crippen molar-refractivity contribution in [2.75, 3.05) is 70.7 Å². The molecular formula is C54H49N11O4S2. The van der Waals surface area contributed by atoms with Crippen molar-refractivity contribution < 1.29 is 19.2 Å². The SMILES string of the molecule is CC#N.CN(C)CCN1C(=O)c2cccc3cc4cccc(N)c4c(c23)C1=O.CN(C)CCN1C(=O)c2cccc3cc4cccc(NC(=S)Nc5cccnc5)c4c(c23)C1=O.N#CSc1cccnc1. The van der Waals surface area contributed by atoms with Crippen molar-refractivity contribution in [3.8, 4) is 11.5 Å². The van der Waals surface area contributed by atoms with Crippen LogP contribution in [-0.2, 0) is 0 Å². The lowest BCUT2D eigenvalue weighted by Crippen LogP contribution is -2.43. The number of carbonyl (C=O) groups excluding carboxylic acids is 4. The summed E-state index contributed by atoms with van der Waals surface area (Å²) in [5.74, 6) is -1.05. The molecule has 356 valence electrons. The molecule has 0 fully saturated rings. The molecule has 2 aromatic heterocycles. The number of nitriles is 2. The minimum absolute atomic E-state index is 0.237. The molecule has 0 unspecified atom stereocenters. The number of pyridine rings is 2. The van der Waals surface area contributed by atoms with Crippen molar-refractivity contribution in [3.63, 3.8) is 0 Å². The number of nitrogens with one attached hydrogen (secondary N) is 2. The van der Waals surface area contributed by atoms with Crippen LogP contribution in [0.4, 0.5) is 17.1 Å². The van der Waals surface area contributed by atoms with Crippen molar-refractivity contribution in [1.29, 1.82) is 10.5 Å². The van der Waals surface area contributed by atoms with E-state index in [2.05, 4.69) is 20.6 Å². The summed E-state index contributed by atoms with van der Waals surface area (Å²) in [5.41, 5.74) is 10.4. The predicted octanol–water partition coefficient (Wildman–Crippen LogP) is 9.27. The fourth-order valence-electron chi connectivity index (χ4n) is 8.31. The van der Waals surface area contributed by atoms with Gasteiger partial charge in [-0.05, 0) is 134 Å². The van der Waals surface area contributed by atoms with Gasteiger partial charge in [0.05, 0.1) is 29.1 Å². The second-order valence-electron chi connectivity index (χ2n) is 16.7. The Morgan fingerprint density at radius 2 is 1.11 bits per heavy atom. The predicted molar refractivity (Wildman–Crippen MR) is 286 cm³/mol. The zero-order valence-corrected chi connectivity index (χ0v) is 41.3. The standard InChI is InChI=1S/C26H23N5O2S.C20H19N3O2.C6H4N2S.C2H3N/c1-30(2)12-13-31-24(32)19-9-3-6-16-14-17-7-4-10-20(22(17)23(21(16)19)25(31)33)29-26(34)28-18-8-5-11-27-15-18;1-22(2)9-10-23-19(24)14-7-3-5-12-11-13-6-4-8-15(21)17(13)18(16(12)14)20(23)25;7-5-9-6-2-1-3-8-4-6;1-2-3/h3-11,14-15H,12-13H2,1-2H3,(H2,28,29,34);3-8,11H,9-10,21H2,1-2H3;1-4H;1H3. The minimum Gasteiger partial charge on any atom is -0.398 e. The first-order valence-electron chi connectivity index (χ1n) is 22.3. The van der Waals surface area contributed by atoms with Crippen LogP contribution in [0.5, 0.6) is 0 Å². The monoisotopic (exact) mass is 979 g/mol. The van der Waals surface area contributed by atoms with Gasteiger partial charge in [-0.25, -0.2) is 0 Å². The Labute approximate surface area is 420 Å². The highest BCUT2D eigenvalue weighted by Gasteiger charge is 2.36. The maximum absolute atomic E-state index is 13.8. The number of nitrogens with two attached hydrogens (primary N) is 1. The molecule has 0 aliphatic carbocycles. The molecule has 0 bridgehead atoms. The molecule has 0 radical (unpaired) electrons. The molecule has 8 aromatic rings. The van der Waals surface area contributed by atoms with E-state index in [1.165, 1.54) is 16.7 Å². The number of nitrogens with zero attached hydrogens (tertiary/aromatic N) is 8. The summed E-state index contributed by atoms with van der Waals surface area (Å²) in [5, 5.41) is 30.7. The molecule has 15 nitrogen and oxygen atoms in total. The van der Waals surface area contributed by atoms with Gasteiger partial charge in [-0.2, -0.15) is 10.5 Å². The molecule has 0 spiro atoms. The quantitative estimate of drug-likeness (QED) is 0.0308. The fraction of sp³-hybridized carbons (Fsp3) is 0.167. The second-order valence-corrected chi connectivity index (χ2v) is 18.0. The van der Waals surface area contributed by atoms with Gasteiger partial charge in [0.2, 0.25) is 0 Å². The molecule has 4 heterocycles. The van der Waals surface area contributed by atoms with E-state index < -0.39 is 0 Å². The highest BCUT2D eigenvalue weighted by molar-refractivity contribution is 8.03. The number of hydrogen-bond donors (Lipinski definition) is 3. The van der Waals surface area contributed by atoms with Crippen LogP contribution in [0, 0.1) is 22.0 Å². The molecule has 6 aromatic carbocycles. The molecule has 0 atom stereocenters. The number of nitrogen functional groups attached to an aromatic ring is 1. The third-order valence-electron chi connectivity index (χ3n) is 11.4. The van der Waals surface area contributed by atoms with Crippen LogP contribution in [0.15, 0.2) is 139 Å². The van der Waals surface area contributed by atoms with Crippen LogP contribution in [-0.4, -0.2) is 113 Å². The maximum Gasteiger partial charge on any atom is 0.262 e. The van der Waals surface area contributed by atoms with Crippen LogP contribution in [0.1, 0.15) is 48.4 Å². The van der Waals surface area contributed by atoms with Gasteiger partial charge in [-0.3, -0.25) is 38.9 Å². The summed E-state index contributed by atoms with van der Waals surface area (Å²) in [4.78, 5) is 68.6. The molecule has 0 saturated carbocycles. The van der Waals surface area contributed by atoms with Crippen molar-refractivity contribution >= 4 is 113 Å². The third-order valence-corrected chi connectivity index (χ3v) is 12.2. The lowest BCUT2D eigenvalue weighted by atomic mass is 9.89. The molecule has 10 rings (SSSR count). The average Bonchev–Trinajstić information content (AvgIpc) is 3.35. The van der Waals surface area contributed by atoms with E-state index in [1.54, 1.807) is 55.1 Å². The number of aromatic nitrogens is 2. The summed E-state index contributed by atoms with van der Waals surface area (Å²) < 4.78 is 0. The molecule has 4 N–H and O–H groups in total. The smallest absolute Gasteiger partial charge is 0.262 e. The zero-order valence-electron chi connectivity index (χ0n) is 39.6. The number of anilines is 3. The van der Waals surface area contributed by atoms with Crippen molar-refractivity contribution in [1.82, 2.24) is 29.6 Å². The summed E-state index contributed by atoms with van der Waals surface area (Å²) in [6.07, 6.45) is 6.71. The van der Waals surface area contributed by atoms with Crippen LogP contribution >= 0.6 is 24.0 Å². The van der Waals surface area contributed by atoms with Gasteiger partial charge < -0.3 is 26.2 Å². The largest absolute Gasteiger partial charge is 0.398 e. The Balaban J connectivity index is 0.000000174. The van der Waals surface area contributed by atoms with Crippen molar-refractivity contribution in [2.24, 2.45) is 0 Å². The van der Waals surface area contributed by atoms with E-state index in [4.69, 9.17) is 28.5 Å². The Morgan fingerprint density at radius 1 is 0.634 bits per heavy atom. The van der Waals surface area contributed by atoms with E-state index in [0.717, 1.165) is 54.7 Å². The van der Waals surface area contributed by atoms with Gasteiger partial charge in [-0.1, -0.05) is 48.5 Å². The van der Waals surface area contributed by atoms with Gasteiger partial charge in [0, 0.05) is 101 Å². The molecular weight excluding hydrogens is 931 g/mol. The van der Waals surface area contributed by atoms with E-state index in [9.17, 15) is 19.2 Å². The van der Waals surface area contributed by atoms with Crippen LogP contribution in [0.2, 0.25) is 0 Å². The topological polar surface area (TPSA) is 205 Å². The number of fused-ring (bicyclic) bond motifs is 4. The highest BCUT2D eigenvalue weighted by Crippen LogP contribution is 2.40. The lowest BCUT2D eigenvalue weighted by molar-refractivity contribution is 0.0587. The number of rotatable bonds is 9. The first-order valence-corrected chi connectivity index (χ1v) is 23.5. The maximum atomic E-state index is 13.8. The molecule has 0 saturated heterocycles. The first kappa shape index (κ1) is 50.6. The minimum atomic E-state index is -0.290. The van der Waals surface area contributed by atoms with Gasteiger partial charge >= 0.3 is 0 Å². The molecule has 2 aliphatic rings. The van der Waals surface area contributed by atoms with E-state index in [-0.39, 0.29) is 23.6 Å². The van der Waals surface area contributed by atoms with Gasteiger partial charge in [0.1, 0.15) is 5.40 Å². The zero-order chi connectivity index (χ0) is 50.8. The Hall–Kier alpha value is -8.32. The number of thiocarbonyl (C=S) groups is 1. The number of thioether (sulfide) groups is 1. The van der Waals surface area contributed by atoms with Crippen molar-refractivity contribution in [3.05, 3.63) is 156 Å². The van der Waals surface area contributed by atoms with Crippen LogP contribution in [0.3, 0.4) is 0 Å². The highest BCUT2D eigenvalue weighted by atomic mass is 32.2. The lowest BCUT2D eigenvalue weighted by Gasteiger charge is -2.29. The van der Waals surface area contributed by atoms with Gasteiger partial charge in [0.15, 0.2) is 5.11 Å². The van der Waals surface area contributed by atoms with Gasteiger partial charge in [0.25, 0.3) is 23.6 Å². The average molecular weight is 980 g/mol. The van der Waals surface area contributed by atoms with E-state index in [1.807, 2.05) is 128 Å². The Kier molecular flexibility index (Phi) is 16.3. The van der Waals surface area contributed by atoms with E-state index >= 15 is 0 Å². The number of carbonyl (C=O) groups is 4. The number of likely N-dealkylation sites (N-methyl/N-ethyl adjacent to an activating group) is 2. The molecule has 71 heavy (non-hydrogen) atoms. The third kappa shape index (κ3) is 11.1. The first-order chi connectivity index (χ1) is 34.3. The summed E-state index contributed by atoms with van der Waals surface area (Å²) in [6.45, 7) is 3.29. The molecule has 4 amide bonds. The number of amides is 4. The summed E-state index contributed by atoms with van der Waals surface area (Å²) in [6, 6.07) is 35.6. The fourth-order valence-corrected chi connectivity index (χ4v) is 8.91. The molecule has 17 heteroatoms. The van der Waals surface area contributed by atoms with Crippen LogP contribution < -0.4 is 16.4 Å². The van der Waals surface area contributed by atoms with Crippen LogP contribution in [0.25, 0.3) is 43.1 Å². The Morgan fingerprint density at radius 3 is 1.61 bits per heavy atom. The van der Waals surface area contributed by atoms with Gasteiger partial charge in [-0.15, -0.1) is 0 Å². The Bertz CT molecular complexity index is 3430. The normalized spacial score (nSPS) is 12.4. The number of benzene rings is 6. The summed E-state index contributed by atoms with van der Waals surface area (Å²) in [7, 11) is 7.67. The summed E-state index contributed by atoms with van der Waals surface area (Å²) >= 11 is 6.65. The number of imide groups is 2. The second kappa shape index (κ2) is 22.9. The molecule has 2 aliphatic heterocycles. The van der Waals surface area contributed by atoms with Crippen molar-refractivity contribution in [2.45, 2.75) is 11.8 Å². The van der Waals surface area contributed by atoms with E-state index in [0.29, 0.717) is 75.7 Å². The number of hydrogen-bond acceptors (Lipinski definition) is 13.